The van der Waals surface area contributed by atoms with Crippen molar-refractivity contribution in [1.82, 2.24) is 19.5 Å². The highest BCUT2D eigenvalue weighted by atomic mass is 32.2. The first-order chi connectivity index (χ1) is 16.6. The topological polar surface area (TPSA) is 121 Å². The number of nitrogens with one attached hydrogen (secondary N) is 2. The molecule has 3 rings (SSSR count). The van der Waals surface area contributed by atoms with Gasteiger partial charge < -0.3 is 21.3 Å². The minimum atomic E-state index is -3.33. The number of nitrogen functional groups attached to an aromatic ring is 1. The molecule has 35 heavy (non-hydrogen) atoms. The lowest BCUT2D eigenvalue weighted by Gasteiger charge is -2.31. The maximum Gasteiger partial charge on any atom is 0.214 e. The number of sulfonamides is 1. The average molecular weight is 531 g/mol. The van der Waals surface area contributed by atoms with Crippen molar-refractivity contribution in [2.45, 2.75) is 25.3 Å². The van der Waals surface area contributed by atoms with Crippen molar-refractivity contribution in [3.8, 4) is 0 Å². The van der Waals surface area contributed by atoms with Gasteiger partial charge in [0, 0.05) is 32.2 Å². The maximum absolute atomic E-state index is 14.0. The first-order valence-electron chi connectivity index (χ1n) is 11.4. The molecule has 194 valence electrons. The first-order valence-corrected chi connectivity index (χ1v) is 13.9. The van der Waals surface area contributed by atoms with Crippen LogP contribution in [0, 0.1) is 11.6 Å². The molecule has 1 aliphatic heterocycles. The van der Waals surface area contributed by atoms with Gasteiger partial charge in [-0.2, -0.15) is 0 Å². The second-order valence-electron chi connectivity index (χ2n) is 8.70. The lowest BCUT2D eigenvalue weighted by Crippen LogP contribution is -2.43. The zero-order chi connectivity index (χ0) is 25.6. The Bertz CT molecular complexity index is 1100. The van der Waals surface area contributed by atoms with Gasteiger partial charge in [-0.25, -0.2) is 26.5 Å². The van der Waals surface area contributed by atoms with Crippen molar-refractivity contribution < 1.29 is 22.0 Å². The highest BCUT2D eigenvalue weighted by molar-refractivity contribution is 7.89. The molecule has 1 saturated heterocycles. The predicted octanol–water partition coefficient (Wildman–Crippen LogP) is 1.98. The Balaban J connectivity index is 1.50. The van der Waals surface area contributed by atoms with E-state index < -0.39 is 33.0 Å². The zero-order valence-electron chi connectivity index (χ0n) is 19.9. The number of hydrogen-bond donors (Lipinski definition) is 3. The van der Waals surface area contributed by atoms with Gasteiger partial charge in [-0.3, -0.25) is 4.79 Å². The lowest BCUT2D eigenvalue weighted by atomic mass is 10.1. The van der Waals surface area contributed by atoms with Crippen molar-refractivity contribution in [1.29, 1.82) is 0 Å². The fraction of sp³-hybridized carbons (Fsp3) is 0.545. The largest absolute Gasteiger partial charge is 0.382 e. The van der Waals surface area contributed by atoms with Crippen LogP contribution in [0.3, 0.4) is 0 Å². The van der Waals surface area contributed by atoms with Gasteiger partial charge in [-0.15, -0.1) is 0 Å². The predicted molar refractivity (Wildman–Crippen MR) is 134 cm³/mol. The molecular formula is C22H32F2N6O3S2. The number of nitrogens with zero attached hydrogens (tertiary/aromatic N) is 3. The summed E-state index contributed by atoms with van der Waals surface area (Å²) in [5.74, 6) is -2.79. The molecule has 9 nitrogen and oxygen atoms in total. The van der Waals surface area contributed by atoms with E-state index in [1.165, 1.54) is 10.4 Å². The minimum Gasteiger partial charge on any atom is -0.382 e. The fourth-order valence-corrected chi connectivity index (χ4v) is 6.22. The van der Waals surface area contributed by atoms with E-state index in [1.54, 1.807) is 0 Å². The number of benzene rings is 1. The smallest absolute Gasteiger partial charge is 0.214 e. The molecule has 4 N–H and O–H groups in total. The number of likely N-dealkylation sites (N-methyl/N-ethyl adjacent to an activating group) is 1. The third-order valence-electron chi connectivity index (χ3n) is 5.72. The Morgan fingerprint density at radius 3 is 2.51 bits per heavy atom. The normalized spacial score (nSPS) is 15.6. The van der Waals surface area contributed by atoms with E-state index >= 15 is 0 Å². The van der Waals surface area contributed by atoms with Crippen LogP contribution in [0.5, 0.6) is 0 Å². The number of aromatic nitrogens is 1. The molecule has 0 spiro atoms. The molecule has 13 heteroatoms. The summed E-state index contributed by atoms with van der Waals surface area (Å²) in [5, 5.41) is 6.77. The molecule has 2 aromatic rings. The standard InChI is InChI=1S/C22H32F2N6O3S2/c1-29(2)13-10-26-9-4-14-35(32,33)30-11-7-15(8-12-30)27-22-28-21(25)20(34-22)19(31)18-16(23)5-3-6-17(18)24/h3,5-6,15,26H,4,7-14,25H2,1-2H3,(H,27,28). The molecule has 1 aromatic heterocycles. The van der Waals surface area contributed by atoms with Crippen LogP contribution in [0.15, 0.2) is 18.2 Å². The Morgan fingerprint density at radius 1 is 1.23 bits per heavy atom. The van der Waals surface area contributed by atoms with Crippen LogP contribution in [0.1, 0.15) is 34.5 Å². The van der Waals surface area contributed by atoms with E-state index in [0.717, 1.165) is 36.6 Å². The summed E-state index contributed by atoms with van der Waals surface area (Å²) < 4.78 is 54.8. The molecular weight excluding hydrogens is 498 g/mol. The number of hydrogen-bond acceptors (Lipinski definition) is 9. The average Bonchev–Trinajstić information content (AvgIpc) is 3.16. The molecule has 0 aliphatic carbocycles. The number of piperidine rings is 1. The zero-order valence-corrected chi connectivity index (χ0v) is 21.5. The minimum absolute atomic E-state index is 0.0456. The monoisotopic (exact) mass is 530 g/mol. The van der Waals surface area contributed by atoms with Gasteiger partial charge in [-0.05, 0) is 52.0 Å². The van der Waals surface area contributed by atoms with Crippen LogP contribution in [0.2, 0.25) is 0 Å². The molecule has 2 heterocycles. The molecule has 1 aromatic carbocycles. The molecule has 0 bridgehead atoms. The van der Waals surface area contributed by atoms with Gasteiger partial charge in [0.25, 0.3) is 0 Å². The Labute approximate surface area is 208 Å². The molecule has 0 atom stereocenters. The van der Waals surface area contributed by atoms with Crippen molar-refractivity contribution in [3.63, 3.8) is 0 Å². The third-order valence-corrected chi connectivity index (χ3v) is 8.67. The summed E-state index contributed by atoms with van der Waals surface area (Å²) in [7, 11) is 0.642. The van der Waals surface area contributed by atoms with E-state index in [0.29, 0.717) is 44.0 Å². The van der Waals surface area contributed by atoms with Gasteiger partial charge in [0.1, 0.15) is 22.3 Å². The molecule has 0 unspecified atom stereocenters. The first kappa shape index (κ1) is 27.4. The number of halogens is 2. The van der Waals surface area contributed by atoms with Gasteiger partial charge in [-0.1, -0.05) is 17.4 Å². The number of thiazole rings is 1. The van der Waals surface area contributed by atoms with E-state index in [-0.39, 0.29) is 22.5 Å². The Morgan fingerprint density at radius 2 is 1.89 bits per heavy atom. The third kappa shape index (κ3) is 7.40. The number of rotatable bonds is 12. The molecule has 0 radical (unpaired) electrons. The van der Waals surface area contributed by atoms with Crippen LogP contribution in [-0.4, -0.2) is 87.0 Å². The highest BCUT2D eigenvalue weighted by Crippen LogP contribution is 2.30. The van der Waals surface area contributed by atoms with E-state index in [9.17, 15) is 22.0 Å². The summed E-state index contributed by atoms with van der Waals surface area (Å²) in [5.41, 5.74) is 5.19. The Kier molecular flexibility index (Phi) is 9.53. The quantitative estimate of drug-likeness (QED) is 0.282. The second-order valence-corrected chi connectivity index (χ2v) is 11.8. The Hall–Kier alpha value is -2.19. The maximum atomic E-state index is 14.0. The molecule has 0 amide bonds. The summed E-state index contributed by atoms with van der Waals surface area (Å²) >= 11 is 0.927. The van der Waals surface area contributed by atoms with Crippen molar-refractivity contribution in [2.75, 3.05) is 63.6 Å². The number of carbonyl (C=O) groups excluding carboxylic acids is 1. The van der Waals surface area contributed by atoms with Gasteiger partial charge in [0.05, 0.1) is 11.3 Å². The van der Waals surface area contributed by atoms with E-state index in [1.807, 2.05) is 14.1 Å². The summed E-state index contributed by atoms with van der Waals surface area (Å²) in [6.45, 7) is 3.11. The SMILES string of the molecule is CN(C)CCNCCCS(=O)(=O)N1CCC(Nc2nc(N)c(C(=O)c3c(F)cccc3F)s2)CC1. The molecule has 1 aliphatic rings. The number of ketones is 1. The number of carbonyl (C=O) groups is 1. The van der Waals surface area contributed by atoms with Crippen LogP contribution in [0.25, 0.3) is 0 Å². The van der Waals surface area contributed by atoms with Gasteiger partial charge >= 0.3 is 0 Å². The summed E-state index contributed by atoms with van der Waals surface area (Å²) in [6, 6.07) is 3.14. The summed E-state index contributed by atoms with van der Waals surface area (Å²) in [6.07, 6.45) is 1.67. The van der Waals surface area contributed by atoms with Crippen molar-refractivity contribution >= 4 is 38.1 Å². The van der Waals surface area contributed by atoms with Gasteiger partial charge in [0.15, 0.2) is 5.13 Å². The van der Waals surface area contributed by atoms with Crippen molar-refractivity contribution in [2.24, 2.45) is 0 Å². The lowest BCUT2D eigenvalue weighted by molar-refractivity contribution is 0.103. The van der Waals surface area contributed by atoms with Gasteiger partial charge in [0.2, 0.25) is 15.8 Å². The summed E-state index contributed by atoms with van der Waals surface area (Å²) in [4.78, 5) is 18.8. The second kappa shape index (κ2) is 12.2. The molecule has 0 saturated carbocycles. The van der Waals surface area contributed by atoms with Crippen LogP contribution < -0.4 is 16.4 Å². The number of anilines is 2. The molecule has 1 fully saturated rings. The van der Waals surface area contributed by atoms with Crippen LogP contribution in [0.4, 0.5) is 19.7 Å². The number of nitrogens with two attached hydrogens (primary N) is 1. The highest BCUT2D eigenvalue weighted by Gasteiger charge is 2.29. The van der Waals surface area contributed by atoms with Crippen LogP contribution in [-0.2, 0) is 10.0 Å². The van der Waals surface area contributed by atoms with Crippen molar-refractivity contribution in [3.05, 3.63) is 40.3 Å². The van der Waals surface area contributed by atoms with Crippen LogP contribution >= 0.6 is 11.3 Å². The fourth-order valence-electron chi connectivity index (χ4n) is 3.77. The van der Waals surface area contributed by atoms with E-state index in [4.69, 9.17) is 5.73 Å². The van der Waals surface area contributed by atoms with E-state index in [2.05, 4.69) is 20.5 Å².